The monoisotopic (exact) mass is 355 g/mol. The fraction of sp³-hybridized carbons (Fsp3) is 0.350. The maximum absolute atomic E-state index is 6.06. The molecule has 0 fully saturated rings. The van der Waals surface area contributed by atoms with E-state index >= 15 is 0 Å². The lowest BCUT2D eigenvalue weighted by Gasteiger charge is -2.15. The topological polar surface area (TPSA) is 78.1 Å². The number of benzene rings is 2. The maximum Gasteiger partial charge on any atom is 0.203 e. The highest BCUT2D eigenvalue weighted by Gasteiger charge is 2.15. The molecule has 0 aliphatic heterocycles. The molecule has 0 radical (unpaired) electrons. The lowest BCUT2D eigenvalue weighted by Crippen LogP contribution is -2.22. The summed E-state index contributed by atoms with van der Waals surface area (Å²) >= 11 is 0. The number of hydrogen-bond acceptors (Lipinski definition) is 4. The van der Waals surface area contributed by atoms with Crippen LogP contribution in [0.1, 0.15) is 23.1 Å². The van der Waals surface area contributed by atoms with Crippen molar-refractivity contribution in [2.75, 3.05) is 26.6 Å². The fourth-order valence-electron chi connectivity index (χ4n) is 3.30. The van der Waals surface area contributed by atoms with E-state index in [1.165, 1.54) is 17.5 Å². The predicted octanol–water partition coefficient (Wildman–Crippen LogP) is 3.13. The van der Waals surface area contributed by atoms with Crippen LogP contribution >= 0.6 is 0 Å². The summed E-state index contributed by atoms with van der Waals surface area (Å²) in [5.74, 6) is 2.12. The van der Waals surface area contributed by atoms with Crippen LogP contribution in [0.25, 0.3) is 0 Å². The second kappa shape index (κ2) is 7.99. The average molecular weight is 355 g/mol. The van der Waals surface area contributed by atoms with Gasteiger partial charge in [0, 0.05) is 11.3 Å². The highest BCUT2D eigenvalue weighted by atomic mass is 16.5. The van der Waals surface area contributed by atoms with Gasteiger partial charge in [0.15, 0.2) is 17.5 Å². The molecule has 2 aromatic carbocycles. The van der Waals surface area contributed by atoms with Gasteiger partial charge in [0.05, 0.1) is 27.9 Å². The van der Waals surface area contributed by atoms with E-state index in [2.05, 4.69) is 22.4 Å². The van der Waals surface area contributed by atoms with E-state index in [0.717, 1.165) is 24.1 Å². The lowest BCUT2D eigenvalue weighted by atomic mass is 10.1. The van der Waals surface area contributed by atoms with Crippen LogP contribution in [0, 0.1) is 0 Å². The summed E-state index contributed by atoms with van der Waals surface area (Å²) in [6.45, 7) is 0.368. The van der Waals surface area contributed by atoms with Gasteiger partial charge in [-0.3, -0.25) is 0 Å². The highest BCUT2D eigenvalue weighted by Crippen LogP contribution is 2.39. The molecule has 0 bridgehead atoms. The molecule has 0 heterocycles. The molecule has 3 rings (SSSR count). The molecule has 138 valence electrons. The number of aliphatic imine (C=N–C) groups is 1. The Kier molecular flexibility index (Phi) is 5.51. The molecular weight excluding hydrogens is 330 g/mol. The van der Waals surface area contributed by atoms with Crippen molar-refractivity contribution in [3.63, 3.8) is 0 Å². The van der Waals surface area contributed by atoms with Crippen LogP contribution in [0.4, 0.5) is 5.69 Å². The third-order valence-corrected chi connectivity index (χ3v) is 4.58. The molecule has 3 N–H and O–H groups in total. The molecular formula is C20H25N3O3. The molecule has 1 aliphatic rings. The van der Waals surface area contributed by atoms with Gasteiger partial charge in [-0.2, -0.15) is 0 Å². The van der Waals surface area contributed by atoms with Crippen molar-refractivity contribution in [3.05, 3.63) is 47.0 Å². The Labute approximate surface area is 154 Å². The maximum atomic E-state index is 6.06. The van der Waals surface area contributed by atoms with Crippen LogP contribution in [-0.4, -0.2) is 27.3 Å². The van der Waals surface area contributed by atoms with Crippen LogP contribution in [0.15, 0.2) is 35.3 Å². The van der Waals surface area contributed by atoms with Crippen LogP contribution in [0.5, 0.6) is 17.2 Å². The Morgan fingerprint density at radius 1 is 1.00 bits per heavy atom. The molecule has 0 unspecified atom stereocenters. The zero-order valence-corrected chi connectivity index (χ0v) is 15.5. The largest absolute Gasteiger partial charge is 0.493 e. The minimum absolute atomic E-state index is 0.361. The summed E-state index contributed by atoms with van der Waals surface area (Å²) in [6, 6.07) is 10.1. The number of fused-ring (bicyclic) bond motifs is 1. The number of anilines is 1. The van der Waals surface area contributed by atoms with Gasteiger partial charge < -0.3 is 25.3 Å². The Bertz CT molecular complexity index is 818. The minimum atomic E-state index is 0.361. The number of guanidine groups is 1. The molecule has 2 aromatic rings. The Morgan fingerprint density at radius 3 is 2.50 bits per heavy atom. The molecule has 6 heteroatoms. The van der Waals surface area contributed by atoms with E-state index in [1.54, 1.807) is 21.3 Å². The Balaban J connectivity index is 1.74. The number of nitrogens with one attached hydrogen (secondary N) is 1. The van der Waals surface area contributed by atoms with E-state index < -0.39 is 0 Å². The second-order valence-corrected chi connectivity index (χ2v) is 6.16. The van der Waals surface area contributed by atoms with Crippen molar-refractivity contribution in [1.82, 2.24) is 0 Å². The zero-order chi connectivity index (χ0) is 18.5. The lowest BCUT2D eigenvalue weighted by molar-refractivity contribution is 0.322. The molecule has 1 aliphatic carbocycles. The van der Waals surface area contributed by atoms with Crippen molar-refractivity contribution in [2.45, 2.75) is 25.8 Å². The smallest absolute Gasteiger partial charge is 0.203 e. The number of aryl methyl sites for hydroxylation is 2. The second-order valence-electron chi connectivity index (χ2n) is 6.16. The molecule has 0 atom stereocenters. The van der Waals surface area contributed by atoms with Crippen molar-refractivity contribution < 1.29 is 14.2 Å². The number of methoxy groups -OCH3 is 3. The van der Waals surface area contributed by atoms with E-state index in [-0.39, 0.29) is 0 Å². The first kappa shape index (κ1) is 17.9. The fourth-order valence-corrected chi connectivity index (χ4v) is 3.30. The molecule has 0 amide bonds. The van der Waals surface area contributed by atoms with E-state index in [1.807, 2.05) is 18.2 Å². The number of rotatable bonds is 6. The standard InChI is InChI=1S/C20H25N3O3/c1-24-17-10-8-15(18(25-2)19(17)26-3)12-22-20(21)23-16-9-7-13-5-4-6-14(13)11-16/h7-11H,4-6,12H2,1-3H3,(H3,21,22,23). The van der Waals surface area contributed by atoms with Crippen molar-refractivity contribution in [3.8, 4) is 17.2 Å². The summed E-state index contributed by atoms with van der Waals surface area (Å²) in [5.41, 5.74) is 10.7. The van der Waals surface area contributed by atoms with Crippen molar-refractivity contribution in [1.29, 1.82) is 0 Å². The number of nitrogens with zero attached hydrogens (tertiary/aromatic N) is 1. The third kappa shape index (κ3) is 3.69. The van der Waals surface area contributed by atoms with E-state index in [9.17, 15) is 0 Å². The summed E-state index contributed by atoms with van der Waals surface area (Å²) in [6.07, 6.45) is 3.52. The van der Waals surface area contributed by atoms with E-state index in [0.29, 0.717) is 29.8 Å². The van der Waals surface area contributed by atoms with Crippen LogP contribution in [0.3, 0.4) is 0 Å². The molecule has 0 spiro atoms. The third-order valence-electron chi connectivity index (χ3n) is 4.58. The first-order valence-electron chi connectivity index (χ1n) is 8.63. The molecule has 6 nitrogen and oxygen atoms in total. The van der Waals surface area contributed by atoms with Crippen LogP contribution in [-0.2, 0) is 19.4 Å². The van der Waals surface area contributed by atoms with Gasteiger partial charge in [-0.05, 0) is 54.7 Å². The van der Waals surface area contributed by atoms with Gasteiger partial charge in [0.25, 0.3) is 0 Å². The van der Waals surface area contributed by atoms with Crippen LogP contribution in [0.2, 0.25) is 0 Å². The molecule has 0 saturated heterocycles. The minimum Gasteiger partial charge on any atom is -0.493 e. The first-order valence-corrected chi connectivity index (χ1v) is 8.63. The summed E-state index contributed by atoms with van der Waals surface area (Å²) < 4.78 is 16.2. The first-order chi connectivity index (χ1) is 12.7. The Hall–Kier alpha value is -2.89. The Morgan fingerprint density at radius 2 is 1.77 bits per heavy atom. The SMILES string of the molecule is COc1ccc(CN=C(N)Nc2ccc3c(c2)CCC3)c(OC)c1OC. The van der Waals surface area contributed by atoms with Gasteiger partial charge >= 0.3 is 0 Å². The summed E-state index contributed by atoms with van der Waals surface area (Å²) in [5, 5.41) is 3.16. The van der Waals surface area contributed by atoms with Gasteiger partial charge in [-0.15, -0.1) is 0 Å². The molecule has 0 aromatic heterocycles. The quantitative estimate of drug-likeness (QED) is 0.615. The van der Waals surface area contributed by atoms with Crippen LogP contribution < -0.4 is 25.3 Å². The number of nitrogens with two attached hydrogens (primary N) is 1. The van der Waals surface area contributed by atoms with Crippen molar-refractivity contribution in [2.24, 2.45) is 10.7 Å². The van der Waals surface area contributed by atoms with Gasteiger partial charge in [0.1, 0.15) is 0 Å². The number of ether oxygens (including phenoxy) is 3. The molecule has 0 saturated carbocycles. The predicted molar refractivity (Wildman–Crippen MR) is 104 cm³/mol. The van der Waals surface area contributed by atoms with E-state index in [4.69, 9.17) is 19.9 Å². The number of hydrogen-bond donors (Lipinski definition) is 2. The summed E-state index contributed by atoms with van der Waals surface area (Å²) in [4.78, 5) is 4.43. The van der Waals surface area contributed by atoms with Gasteiger partial charge in [0.2, 0.25) is 5.75 Å². The highest BCUT2D eigenvalue weighted by molar-refractivity contribution is 5.92. The molecule has 26 heavy (non-hydrogen) atoms. The zero-order valence-electron chi connectivity index (χ0n) is 15.5. The summed E-state index contributed by atoms with van der Waals surface area (Å²) in [7, 11) is 4.77. The van der Waals surface area contributed by atoms with Gasteiger partial charge in [-0.1, -0.05) is 6.07 Å². The van der Waals surface area contributed by atoms with Crippen molar-refractivity contribution >= 4 is 11.6 Å². The normalized spacial score (nSPS) is 13.3. The average Bonchev–Trinajstić information content (AvgIpc) is 3.13. The van der Waals surface area contributed by atoms with Gasteiger partial charge in [-0.25, -0.2) is 4.99 Å².